The third-order valence-corrected chi connectivity index (χ3v) is 3.81. The van der Waals surface area contributed by atoms with Gasteiger partial charge in [0, 0.05) is 5.38 Å². The number of hydrogen-bond donors (Lipinski definition) is 0. The minimum atomic E-state index is 0.654. The van der Waals surface area contributed by atoms with E-state index in [9.17, 15) is 0 Å². The van der Waals surface area contributed by atoms with Crippen molar-refractivity contribution in [1.82, 2.24) is 4.98 Å². The Labute approximate surface area is 108 Å². The quantitative estimate of drug-likeness (QED) is 0.723. The van der Waals surface area contributed by atoms with Crippen LogP contribution < -0.4 is 4.74 Å². The molecular formula is C9H5BrINOS. The fourth-order valence-electron chi connectivity index (χ4n) is 0.907. The summed E-state index contributed by atoms with van der Waals surface area (Å²) in [4.78, 5) is 4.16. The Kier molecular flexibility index (Phi) is 3.40. The van der Waals surface area contributed by atoms with Crippen LogP contribution in [0.25, 0.3) is 0 Å². The Morgan fingerprint density at radius 1 is 1.36 bits per heavy atom. The molecule has 0 amide bonds. The zero-order valence-corrected chi connectivity index (χ0v) is 11.5. The van der Waals surface area contributed by atoms with Crippen molar-refractivity contribution in [1.29, 1.82) is 0 Å². The minimum absolute atomic E-state index is 0.654. The van der Waals surface area contributed by atoms with Crippen LogP contribution in [0.1, 0.15) is 0 Å². The van der Waals surface area contributed by atoms with Gasteiger partial charge in [0.05, 0.1) is 3.57 Å². The van der Waals surface area contributed by atoms with Crippen molar-refractivity contribution in [3.8, 4) is 10.9 Å². The molecule has 0 saturated heterocycles. The summed E-state index contributed by atoms with van der Waals surface area (Å²) in [6.45, 7) is 0. The third-order valence-electron chi connectivity index (χ3n) is 1.49. The van der Waals surface area contributed by atoms with E-state index in [1.165, 1.54) is 11.3 Å². The van der Waals surface area contributed by atoms with Crippen LogP contribution in [0.5, 0.6) is 10.9 Å². The maximum Gasteiger partial charge on any atom is 0.279 e. The van der Waals surface area contributed by atoms with E-state index < -0.39 is 0 Å². The van der Waals surface area contributed by atoms with Gasteiger partial charge in [-0.25, -0.2) is 0 Å². The highest BCUT2D eigenvalue weighted by Gasteiger charge is 2.04. The van der Waals surface area contributed by atoms with E-state index in [-0.39, 0.29) is 0 Å². The van der Waals surface area contributed by atoms with Crippen LogP contribution in [0, 0.1) is 3.57 Å². The summed E-state index contributed by atoms with van der Waals surface area (Å²) in [6.07, 6.45) is 0. The smallest absolute Gasteiger partial charge is 0.279 e. The number of nitrogens with zero attached hydrogens (tertiary/aromatic N) is 1. The summed E-state index contributed by atoms with van der Waals surface area (Å²) in [5.74, 6) is 0.843. The molecule has 1 heterocycles. The van der Waals surface area contributed by atoms with E-state index in [0.29, 0.717) is 5.19 Å². The topological polar surface area (TPSA) is 22.1 Å². The summed E-state index contributed by atoms with van der Waals surface area (Å²) in [6, 6.07) is 7.85. The number of hydrogen-bond acceptors (Lipinski definition) is 3. The van der Waals surface area contributed by atoms with Gasteiger partial charge >= 0.3 is 0 Å². The fraction of sp³-hybridized carbons (Fsp3) is 0. The lowest BCUT2D eigenvalue weighted by molar-refractivity contribution is 0.475. The lowest BCUT2D eigenvalue weighted by Gasteiger charge is -2.02. The molecule has 0 aliphatic heterocycles. The highest BCUT2D eigenvalue weighted by molar-refractivity contribution is 14.1. The maximum absolute atomic E-state index is 5.60. The second-order valence-corrected chi connectivity index (χ2v) is 5.26. The fourth-order valence-corrected chi connectivity index (χ4v) is 2.50. The second-order valence-electron chi connectivity index (χ2n) is 2.47. The van der Waals surface area contributed by atoms with Crippen molar-refractivity contribution >= 4 is 49.9 Å². The van der Waals surface area contributed by atoms with Gasteiger partial charge in [-0.1, -0.05) is 23.5 Å². The van der Waals surface area contributed by atoms with Gasteiger partial charge in [-0.05, 0) is 50.7 Å². The van der Waals surface area contributed by atoms with Gasteiger partial charge in [0.25, 0.3) is 5.19 Å². The largest absolute Gasteiger partial charge is 0.430 e. The summed E-state index contributed by atoms with van der Waals surface area (Å²) in [5.41, 5.74) is 0. The van der Waals surface area contributed by atoms with Crippen LogP contribution in [0.3, 0.4) is 0 Å². The SMILES string of the molecule is Brc1csc(Oc2ccccc2I)n1. The number of rotatable bonds is 2. The molecule has 5 heteroatoms. The summed E-state index contributed by atoms with van der Waals surface area (Å²) >= 11 is 6.99. The normalized spacial score (nSPS) is 10.1. The molecule has 0 radical (unpaired) electrons. The van der Waals surface area contributed by atoms with Gasteiger partial charge in [-0.15, -0.1) is 0 Å². The molecule has 0 unspecified atom stereocenters. The maximum atomic E-state index is 5.60. The molecule has 2 nitrogen and oxygen atoms in total. The predicted octanol–water partition coefficient (Wildman–Crippen LogP) is 4.30. The van der Waals surface area contributed by atoms with Crippen molar-refractivity contribution in [3.63, 3.8) is 0 Å². The third kappa shape index (κ3) is 2.46. The average Bonchev–Trinajstić information content (AvgIpc) is 2.56. The Balaban J connectivity index is 2.23. The van der Waals surface area contributed by atoms with Crippen molar-refractivity contribution < 1.29 is 4.74 Å². The Hall–Kier alpha value is -0.140. The molecule has 1 aromatic heterocycles. The van der Waals surface area contributed by atoms with E-state index >= 15 is 0 Å². The van der Waals surface area contributed by atoms with Gasteiger partial charge in [-0.2, -0.15) is 4.98 Å². The molecular weight excluding hydrogens is 377 g/mol. The number of benzene rings is 1. The van der Waals surface area contributed by atoms with Crippen LogP contribution in [0.2, 0.25) is 0 Å². The van der Waals surface area contributed by atoms with Gasteiger partial charge in [-0.3, -0.25) is 0 Å². The molecule has 1 aromatic carbocycles. The van der Waals surface area contributed by atoms with Gasteiger partial charge in [0.15, 0.2) is 0 Å². The monoisotopic (exact) mass is 381 g/mol. The van der Waals surface area contributed by atoms with E-state index in [2.05, 4.69) is 43.5 Å². The van der Waals surface area contributed by atoms with Crippen molar-refractivity contribution in [2.45, 2.75) is 0 Å². The molecule has 0 atom stereocenters. The zero-order chi connectivity index (χ0) is 9.97. The van der Waals surface area contributed by atoms with Crippen molar-refractivity contribution in [2.24, 2.45) is 0 Å². The first-order valence-corrected chi connectivity index (χ1v) is 6.54. The number of halogens is 2. The lowest BCUT2D eigenvalue weighted by Crippen LogP contribution is -1.85. The predicted molar refractivity (Wildman–Crippen MR) is 69.0 cm³/mol. The molecule has 0 aliphatic rings. The standard InChI is InChI=1S/C9H5BrINOS/c10-8-5-14-9(12-8)13-7-4-2-1-3-6(7)11/h1-5H. The van der Waals surface area contributed by atoms with Crippen LogP contribution in [-0.2, 0) is 0 Å². The van der Waals surface area contributed by atoms with E-state index in [4.69, 9.17) is 4.74 Å². The summed E-state index contributed by atoms with van der Waals surface area (Å²) in [7, 11) is 0. The summed E-state index contributed by atoms with van der Waals surface area (Å²) in [5, 5.41) is 2.55. The molecule has 0 N–H and O–H groups in total. The average molecular weight is 382 g/mol. The Morgan fingerprint density at radius 2 is 2.14 bits per heavy atom. The van der Waals surface area contributed by atoms with Gasteiger partial charge < -0.3 is 4.74 Å². The second kappa shape index (κ2) is 4.59. The molecule has 2 rings (SSSR count). The molecule has 0 saturated carbocycles. The minimum Gasteiger partial charge on any atom is -0.430 e. The molecule has 0 fully saturated rings. The number of para-hydroxylation sites is 1. The van der Waals surface area contributed by atoms with E-state index in [1.54, 1.807) is 0 Å². The van der Waals surface area contributed by atoms with Gasteiger partial charge in [0.1, 0.15) is 10.4 Å². The molecule has 14 heavy (non-hydrogen) atoms. The first-order valence-electron chi connectivity index (χ1n) is 3.79. The number of aromatic nitrogens is 1. The highest BCUT2D eigenvalue weighted by atomic mass is 127. The van der Waals surface area contributed by atoms with Crippen molar-refractivity contribution in [2.75, 3.05) is 0 Å². The molecule has 0 aliphatic carbocycles. The summed E-state index contributed by atoms with van der Waals surface area (Å²) < 4.78 is 7.49. The van der Waals surface area contributed by atoms with Gasteiger partial charge in [0.2, 0.25) is 0 Å². The first-order chi connectivity index (χ1) is 6.75. The Bertz CT molecular complexity index is 446. The molecule has 0 bridgehead atoms. The lowest BCUT2D eigenvalue weighted by atomic mass is 10.3. The molecule has 72 valence electrons. The van der Waals surface area contributed by atoms with Crippen LogP contribution in [0.4, 0.5) is 0 Å². The van der Waals surface area contributed by atoms with Crippen LogP contribution in [0.15, 0.2) is 34.2 Å². The molecule has 2 aromatic rings. The van der Waals surface area contributed by atoms with E-state index in [1.807, 2.05) is 29.6 Å². The van der Waals surface area contributed by atoms with Crippen LogP contribution in [-0.4, -0.2) is 4.98 Å². The van der Waals surface area contributed by atoms with Crippen LogP contribution >= 0.6 is 49.9 Å². The van der Waals surface area contributed by atoms with E-state index in [0.717, 1.165) is 13.9 Å². The number of ether oxygens (including phenoxy) is 1. The molecule has 0 spiro atoms. The first kappa shape index (κ1) is 10.4. The highest BCUT2D eigenvalue weighted by Crippen LogP contribution is 2.29. The number of thiazole rings is 1. The zero-order valence-electron chi connectivity index (χ0n) is 6.91. The van der Waals surface area contributed by atoms with Crippen molar-refractivity contribution in [3.05, 3.63) is 37.8 Å². The Morgan fingerprint density at radius 3 is 2.79 bits per heavy atom.